The highest BCUT2D eigenvalue weighted by molar-refractivity contribution is 5.47. The zero-order valence-electron chi connectivity index (χ0n) is 9.62. The van der Waals surface area contributed by atoms with Crippen LogP contribution in [0.15, 0.2) is 16.7 Å². The maximum absolute atomic E-state index is 5.64. The van der Waals surface area contributed by atoms with Crippen molar-refractivity contribution in [3.8, 4) is 17.4 Å². The summed E-state index contributed by atoms with van der Waals surface area (Å²) in [5.74, 6) is 1.33. The fourth-order valence-electron chi connectivity index (χ4n) is 1.27. The van der Waals surface area contributed by atoms with E-state index < -0.39 is 0 Å². The number of hydrogen-bond acceptors (Lipinski definition) is 7. The van der Waals surface area contributed by atoms with Crippen molar-refractivity contribution in [2.45, 2.75) is 19.4 Å². The lowest BCUT2D eigenvalue weighted by Gasteiger charge is -1.97. The second-order valence-electron chi connectivity index (χ2n) is 3.65. The molecule has 90 valence electrons. The Morgan fingerprint density at radius 2 is 2.24 bits per heavy atom. The molecule has 0 aliphatic carbocycles. The molecule has 7 nitrogen and oxygen atoms in total. The van der Waals surface area contributed by atoms with Crippen molar-refractivity contribution in [1.82, 2.24) is 20.3 Å². The molecular weight excluding hydrogens is 222 g/mol. The van der Waals surface area contributed by atoms with Crippen LogP contribution in [0.1, 0.15) is 12.8 Å². The largest absolute Gasteiger partial charge is 0.480 e. The molecule has 0 amide bonds. The van der Waals surface area contributed by atoms with Crippen LogP contribution in [-0.2, 0) is 6.42 Å². The van der Waals surface area contributed by atoms with Gasteiger partial charge >= 0.3 is 0 Å². The van der Waals surface area contributed by atoms with E-state index in [0.29, 0.717) is 29.7 Å². The summed E-state index contributed by atoms with van der Waals surface area (Å²) < 4.78 is 9.95. The van der Waals surface area contributed by atoms with E-state index in [9.17, 15) is 0 Å². The summed E-state index contributed by atoms with van der Waals surface area (Å²) in [5, 5.41) is 11.6. The molecule has 0 aromatic carbocycles. The van der Waals surface area contributed by atoms with E-state index in [1.165, 1.54) is 7.11 Å². The monoisotopic (exact) mass is 235 g/mol. The molecule has 1 atom stereocenters. The Morgan fingerprint density at radius 3 is 2.82 bits per heavy atom. The van der Waals surface area contributed by atoms with Gasteiger partial charge in [-0.2, -0.15) is 4.98 Å². The van der Waals surface area contributed by atoms with E-state index in [1.807, 2.05) is 6.92 Å². The van der Waals surface area contributed by atoms with E-state index in [4.69, 9.17) is 15.0 Å². The van der Waals surface area contributed by atoms with E-state index >= 15 is 0 Å². The van der Waals surface area contributed by atoms with E-state index in [-0.39, 0.29) is 6.04 Å². The lowest BCUT2D eigenvalue weighted by Crippen LogP contribution is -2.17. The molecule has 0 fully saturated rings. The van der Waals surface area contributed by atoms with Gasteiger partial charge in [-0.1, -0.05) is 5.16 Å². The average molecular weight is 235 g/mol. The molecule has 2 rings (SSSR count). The van der Waals surface area contributed by atoms with Gasteiger partial charge in [0.25, 0.3) is 0 Å². The van der Waals surface area contributed by atoms with Crippen molar-refractivity contribution in [1.29, 1.82) is 0 Å². The Labute approximate surface area is 98.0 Å². The first-order valence-electron chi connectivity index (χ1n) is 5.15. The van der Waals surface area contributed by atoms with Crippen LogP contribution >= 0.6 is 0 Å². The number of methoxy groups -OCH3 is 1. The van der Waals surface area contributed by atoms with Gasteiger partial charge in [-0.25, -0.2) is 0 Å². The number of nitrogens with zero attached hydrogens (tertiary/aromatic N) is 4. The van der Waals surface area contributed by atoms with Gasteiger partial charge < -0.3 is 15.0 Å². The first-order chi connectivity index (χ1) is 8.19. The average Bonchev–Trinajstić information content (AvgIpc) is 2.77. The first-order valence-corrected chi connectivity index (χ1v) is 5.15. The molecule has 0 saturated carbocycles. The normalized spacial score (nSPS) is 12.4. The number of ether oxygens (including phenoxy) is 1. The fraction of sp³-hybridized carbons (Fsp3) is 0.400. The Hall–Kier alpha value is -2.02. The number of rotatable bonds is 4. The van der Waals surface area contributed by atoms with Gasteiger partial charge in [0.05, 0.1) is 7.11 Å². The molecule has 0 aliphatic rings. The predicted octanol–water partition coefficient (Wildman–Crippen LogP) is 0.425. The Kier molecular flexibility index (Phi) is 3.29. The van der Waals surface area contributed by atoms with Crippen molar-refractivity contribution in [2.75, 3.05) is 7.11 Å². The van der Waals surface area contributed by atoms with E-state index in [1.54, 1.807) is 12.1 Å². The van der Waals surface area contributed by atoms with Gasteiger partial charge in [-0.3, -0.25) is 0 Å². The van der Waals surface area contributed by atoms with E-state index in [0.717, 1.165) is 0 Å². The van der Waals surface area contributed by atoms with Gasteiger partial charge in [-0.05, 0) is 13.0 Å². The number of nitrogens with two attached hydrogens (primary N) is 1. The maximum atomic E-state index is 5.64. The van der Waals surface area contributed by atoms with Crippen LogP contribution in [0.4, 0.5) is 0 Å². The highest BCUT2D eigenvalue weighted by Crippen LogP contribution is 2.14. The minimum absolute atomic E-state index is 0.0229. The Bertz CT molecular complexity index is 480. The number of hydrogen-bond donors (Lipinski definition) is 1. The quantitative estimate of drug-likeness (QED) is 0.819. The molecule has 0 spiro atoms. The lowest BCUT2D eigenvalue weighted by atomic mass is 10.2. The highest BCUT2D eigenvalue weighted by Gasteiger charge is 2.11. The minimum atomic E-state index is -0.0229. The second-order valence-corrected chi connectivity index (χ2v) is 3.65. The maximum Gasteiger partial charge on any atom is 0.233 e. The predicted molar refractivity (Wildman–Crippen MR) is 59.2 cm³/mol. The van der Waals surface area contributed by atoms with Crippen LogP contribution in [-0.4, -0.2) is 33.5 Å². The van der Waals surface area contributed by atoms with E-state index in [2.05, 4.69) is 20.3 Å². The third-order valence-electron chi connectivity index (χ3n) is 2.04. The zero-order chi connectivity index (χ0) is 12.3. The van der Waals surface area contributed by atoms with Crippen molar-refractivity contribution in [3.63, 3.8) is 0 Å². The van der Waals surface area contributed by atoms with Crippen molar-refractivity contribution >= 4 is 0 Å². The molecule has 2 aromatic heterocycles. The third kappa shape index (κ3) is 2.76. The SMILES string of the molecule is COc1ccc(-c2noc(CC(C)N)n2)nn1. The summed E-state index contributed by atoms with van der Waals surface area (Å²) in [5.41, 5.74) is 6.17. The lowest BCUT2D eigenvalue weighted by molar-refractivity contribution is 0.371. The van der Waals surface area contributed by atoms with Crippen molar-refractivity contribution in [2.24, 2.45) is 5.73 Å². The van der Waals surface area contributed by atoms with Gasteiger partial charge in [-0.15, -0.1) is 10.2 Å². The first kappa shape index (κ1) is 11.5. The molecule has 2 heterocycles. The molecule has 17 heavy (non-hydrogen) atoms. The van der Waals surface area contributed by atoms with Gasteiger partial charge in [0.2, 0.25) is 17.6 Å². The molecule has 0 bridgehead atoms. The molecule has 0 saturated heterocycles. The Morgan fingerprint density at radius 1 is 1.41 bits per heavy atom. The summed E-state index contributed by atoms with van der Waals surface area (Å²) in [6.45, 7) is 1.87. The van der Waals surface area contributed by atoms with Crippen LogP contribution in [0.3, 0.4) is 0 Å². The molecule has 1 unspecified atom stereocenters. The molecule has 0 radical (unpaired) electrons. The molecular formula is C10H13N5O2. The third-order valence-corrected chi connectivity index (χ3v) is 2.04. The number of aromatic nitrogens is 4. The second kappa shape index (κ2) is 4.88. The summed E-state index contributed by atoms with van der Waals surface area (Å²) in [6.07, 6.45) is 0.538. The van der Waals surface area contributed by atoms with Crippen LogP contribution < -0.4 is 10.5 Å². The Balaban J connectivity index is 2.18. The van der Waals surface area contributed by atoms with Crippen LogP contribution in [0.25, 0.3) is 11.5 Å². The van der Waals surface area contributed by atoms with Gasteiger partial charge in [0.1, 0.15) is 5.69 Å². The standard InChI is InChI=1S/C10H13N5O2/c1-6(11)5-9-12-10(15-17-9)7-3-4-8(16-2)14-13-7/h3-4,6H,5,11H2,1-2H3. The summed E-state index contributed by atoms with van der Waals surface area (Å²) >= 11 is 0. The summed E-state index contributed by atoms with van der Waals surface area (Å²) in [7, 11) is 1.53. The van der Waals surface area contributed by atoms with Crippen molar-refractivity contribution < 1.29 is 9.26 Å². The van der Waals surface area contributed by atoms with Crippen LogP contribution in [0.2, 0.25) is 0 Å². The summed E-state index contributed by atoms with van der Waals surface area (Å²) in [6, 6.07) is 3.38. The zero-order valence-corrected chi connectivity index (χ0v) is 9.62. The summed E-state index contributed by atoms with van der Waals surface area (Å²) in [4.78, 5) is 4.18. The van der Waals surface area contributed by atoms with Gasteiger partial charge in [0, 0.05) is 18.5 Å². The van der Waals surface area contributed by atoms with Crippen LogP contribution in [0.5, 0.6) is 5.88 Å². The van der Waals surface area contributed by atoms with Crippen LogP contribution in [0, 0.1) is 0 Å². The fourth-order valence-corrected chi connectivity index (χ4v) is 1.27. The van der Waals surface area contributed by atoms with Crippen molar-refractivity contribution in [3.05, 3.63) is 18.0 Å². The molecule has 0 aliphatic heterocycles. The minimum Gasteiger partial charge on any atom is -0.480 e. The molecule has 2 N–H and O–H groups in total. The highest BCUT2D eigenvalue weighted by atomic mass is 16.5. The smallest absolute Gasteiger partial charge is 0.233 e. The van der Waals surface area contributed by atoms with Gasteiger partial charge in [0.15, 0.2) is 0 Å². The topological polar surface area (TPSA) is 100.0 Å². The molecule has 2 aromatic rings. The molecule has 7 heteroatoms.